The molecule has 0 bridgehead atoms. The second-order valence-corrected chi connectivity index (χ2v) is 10.2. The lowest BCUT2D eigenvalue weighted by atomic mass is 10.0. The molecule has 0 aliphatic carbocycles. The van der Waals surface area contributed by atoms with E-state index in [4.69, 9.17) is 10.1 Å². The Morgan fingerprint density at radius 3 is 2.47 bits per heavy atom. The number of benzene rings is 2. The molecular weight excluding hydrogens is 442 g/mol. The van der Waals surface area contributed by atoms with E-state index in [1.165, 1.54) is 21.4 Å². The van der Waals surface area contributed by atoms with Crippen molar-refractivity contribution in [3.05, 3.63) is 69.8 Å². The molecule has 0 saturated carbocycles. The van der Waals surface area contributed by atoms with E-state index in [0.29, 0.717) is 17.1 Å². The summed E-state index contributed by atoms with van der Waals surface area (Å²) in [4.78, 5) is 24.2. The Morgan fingerprint density at radius 2 is 1.74 bits per heavy atom. The molecule has 0 N–H and O–H groups in total. The Kier molecular flexibility index (Phi) is 5.12. The fourth-order valence-corrected chi connectivity index (χ4v) is 5.97. The third-order valence-electron chi connectivity index (χ3n) is 7.12. The predicted octanol–water partition coefficient (Wildman–Crippen LogP) is 4.96. The van der Waals surface area contributed by atoms with Crippen molar-refractivity contribution < 1.29 is 0 Å². The van der Waals surface area contributed by atoms with Crippen molar-refractivity contribution in [2.24, 2.45) is 0 Å². The van der Waals surface area contributed by atoms with Crippen molar-refractivity contribution in [2.75, 3.05) is 32.1 Å². The van der Waals surface area contributed by atoms with E-state index >= 15 is 0 Å². The van der Waals surface area contributed by atoms with Crippen LogP contribution in [-0.4, -0.2) is 52.7 Å². The normalized spacial score (nSPS) is 15.5. The number of hydrogen-bond acceptors (Lipinski definition) is 6. The quantitative estimate of drug-likeness (QED) is 0.350. The zero-order valence-electron chi connectivity index (χ0n) is 19.7. The highest BCUT2D eigenvalue weighted by atomic mass is 32.1. The highest BCUT2D eigenvalue weighted by Gasteiger charge is 2.25. The van der Waals surface area contributed by atoms with Gasteiger partial charge in [-0.1, -0.05) is 54.1 Å². The van der Waals surface area contributed by atoms with Gasteiger partial charge < -0.3 is 9.80 Å². The van der Waals surface area contributed by atoms with Crippen LogP contribution < -0.4 is 10.5 Å². The molecular formula is C27H27N5OS. The van der Waals surface area contributed by atoms with Gasteiger partial charge in [-0.05, 0) is 45.5 Å². The van der Waals surface area contributed by atoms with E-state index in [1.54, 1.807) is 0 Å². The summed E-state index contributed by atoms with van der Waals surface area (Å²) in [6, 6.07) is 16.8. The summed E-state index contributed by atoms with van der Waals surface area (Å²) >= 11 is 1.52. The molecule has 7 heteroatoms. The lowest BCUT2D eigenvalue weighted by Gasteiger charge is -2.36. The van der Waals surface area contributed by atoms with Crippen LogP contribution in [0.2, 0.25) is 0 Å². The van der Waals surface area contributed by atoms with Crippen LogP contribution in [0.25, 0.3) is 37.8 Å². The number of fused-ring (bicyclic) bond motifs is 4. The fraction of sp³-hybridized carbons (Fsp3) is 0.296. The molecule has 5 aromatic rings. The molecule has 0 radical (unpaired) electrons. The van der Waals surface area contributed by atoms with Crippen LogP contribution in [-0.2, 0) is 0 Å². The maximum atomic E-state index is 13.9. The molecule has 4 heterocycles. The lowest BCUT2D eigenvalue weighted by molar-refractivity contribution is 0.252. The maximum Gasteiger partial charge on any atom is 0.283 e. The van der Waals surface area contributed by atoms with Crippen molar-refractivity contribution >= 4 is 43.8 Å². The van der Waals surface area contributed by atoms with Crippen LogP contribution in [0.3, 0.4) is 0 Å². The second kappa shape index (κ2) is 8.18. The summed E-state index contributed by atoms with van der Waals surface area (Å²) in [6.07, 6.45) is 2.16. The largest absolute Gasteiger partial charge is 0.355 e. The first-order valence-electron chi connectivity index (χ1n) is 11.7. The number of aromatic nitrogens is 3. The second-order valence-electron chi connectivity index (χ2n) is 9.36. The van der Waals surface area contributed by atoms with Gasteiger partial charge in [0, 0.05) is 34.8 Å². The van der Waals surface area contributed by atoms with Gasteiger partial charge in [-0.15, -0.1) is 16.4 Å². The van der Waals surface area contributed by atoms with Crippen LogP contribution in [0.4, 0.5) is 5.82 Å². The van der Waals surface area contributed by atoms with E-state index < -0.39 is 0 Å². The summed E-state index contributed by atoms with van der Waals surface area (Å²) in [6.45, 7) is 4.20. The van der Waals surface area contributed by atoms with E-state index in [-0.39, 0.29) is 5.56 Å². The van der Waals surface area contributed by atoms with Gasteiger partial charge in [0.15, 0.2) is 11.5 Å². The van der Waals surface area contributed by atoms with Gasteiger partial charge >= 0.3 is 0 Å². The Hall–Kier alpha value is -3.29. The van der Waals surface area contributed by atoms with Gasteiger partial charge in [0.05, 0.1) is 5.39 Å². The molecule has 1 aliphatic rings. The molecule has 0 atom stereocenters. The Labute approximate surface area is 202 Å². The highest BCUT2D eigenvalue weighted by Crippen LogP contribution is 2.34. The number of anilines is 1. The summed E-state index contributed by atoms with van der Waals surface area (Å²) < 4.78 is 1.52. The van der Waals surface area contributed by atoms with Gasteiger partial charge in [0.1, 0.15) is 4.83 Å². The van der Waals surface area contributed by atoms with Crippen molar-refractivity contribution in [1.29, 1.82) is 0 Å². The SMILES string of the molecule is Cc1ccc(-c2csc3nc4c5ccccc5c(N(C)C5CCN(C)CC5)nn4c(=O)c23)cc1. The molecule has 6 nitrogen and oxygen atoms in total. The third-order valence-corrected chi connectivity index (χ3v) is 7.99. The molecule has 34 heavy (non-hydrogen) atoms. The molecule has 1 saturated heterocycles. The van der Waals surface area contributed by atoms with Crippen molar-refractivity contribution in [2.45, 2.75) is 25.8 Å². The first kappa shape index (κ1) is 21.3. The van der Waals surface area contributed by atoms with E-state index in [2.05, 4.69) is 61.2 Å². The summed E-state index contributed by atoms with van der Waals surface area (Å²) in [7, 11) is 4.28. The van der Waals surface area contributed by atoms with Gasteiger partial charge in [-0.3, -0.25) is 4.79 Å². The molecule has 6 rings (SSSR count). The molecule has 2 aromatic carbocycles. The zero-order chi connectivity index (χ0) is 23.4. The van der Waals surface area contributed by atoms with Crippen LogP contribution in [0.5, 0.6) is 0 Å². The predicted molar refractivity (Wildman–Crippen MR) is 141 cm³/mol. The number of hydrogen-bond donors (Lipinski definition) is 0. The molecule has 1 aliphatic heterocycles. The van der Waals surface area contributed by atoms with Crippen molar-refractivity contribution in [3.8, 4) is 11.1 Å². The average molecular weight is 470 g/mol. The number of piperidine rings is 1. The Bertz CT molecular complexity index is 1580. The van der Waals surface area contributed by atoms with Crippen molar-refractivity contribution in [3.63, 3.8) is 0 Å². The van der Waals surface area contributed by atoms with Gasteiger partial charge in [-0.2, -0.15) is 4.52 Å². The minimum atomic E-state index is -0.111. The number of thiophene rings is 1. The van der Waals surface area contributed by atoms with Crippen molar-refractivity contribution in [1.82, 2.24) is 19.5 Å². The summed E-state index contributed by atoms with van der Waals surface area (Å²) in [5.41, 5.74) is 3.65. The maximum absolute atomic E-state index is 13.9. The molecule has 172 valence electrons. The van der Waals surface area contributed by atoms with Gasteiger partial charge in [-0.25, -0.2) is 4.98 Å². The van der Waals surface area contributed by atoms with Crippen LogP contribution in [0.15, 0.2) is 58.7 Å². The highest BCUT2D eigenvalue weighted by molar-refractivity contribution is 7.17. The number of aryl methyl sites for hydroxylation is 1. The topological polar surface area (TPSA) is 53.7 Å². The van der Waals surface area contributed by atoms with E-state index in [1.807, 2.05) is 23.6 Å². The molecule has 3 aromatic heterocycles. The first-order valence-corrected chi connectivity index (χ1v) is 12.6. The Balaban J connectivity index is 1.59. The molecule has 0 unspecified atom stereocenters. The van der Waals surface area contributed by atoms with Crippen LogP contribution >= 0.6 is 11.3 Å². The van der Waals surface area contributed by atoms with E-state index in [0.717, 1.165) is 58.5 Å². The van der Waals surface area contributed by atoms with Crippen LogP contribution in [0.1, 0.15) is 18.4 Å². The number of rotatable bonds is 3. The first-order chi connectivity index (χ1) is 16.5. The van der Waals surface area contributed by atoms with E-state index in [9.17, 15) is 4.79 Å². The molecule has 1 fully saturated rings. The summed E-state index contributed by atoms with van der Waals surface area (Å²) in [5, 5.41) is 9.60. The molecule has 0 amide bonds. The monoisotopic (exact) mass is 469 g/mol. The molecule has 0 spiro atoms. The fourth-order valence-electron chi connectivity index (χ4n) is 5.03. The summed E-state index contributed by atoms with van der Waals surface area (Å²) in [5.74, 6) is 0.841. The minimum Gasteiger partial charge on any atom is -0.355 e. The minimum absolute atomic E-state index is 0.111. The third kappa shape index (κ3) is 3.38. The lowest BCUT2D eigenvalue weighted by Crippen LogP contribution is -2.42. The zero-order valence-corrected chi connectivity index (χ0v) is 20.5. The van der Waals surface area contributed by atoms with Crippen LogP contribution in [0, 0.1) is 6.92 Å². The average Bonchev–Trinajstić information content (AvgIpc) is 3.29. The van der Waals surface area contributed by atoms with Gasteiger partial charge in [0.25, 0.3) is 5.56 Å². The smallest absolute Gasteiger partial charge is 0.283 e. The number of likely N-dealkylation sites (tertiary alicyclic amines) is 1. The Morgan fingerprint density at radius 1 is 1.03 bits per heavy atom. The standard InChI is InChI=1S/C27H27N5OS/c1-17-8-10-18(11-9-17)22-16-34-26-23(22)27(33)32-24(28-26)20-6-4-5-7-21(20)25(29-32)31(3)19-12-14-30(2)15-13-19/h4-11,16,19H,12-15H2,1-3H3. The number of nitrogens with zero attached hydrogens (tertiary/aromatic N) is 5. The van der Waals surface area contributed by atoms with Gasteiger partial charge in [0.2, 0.25) is 0 Å².